The summed E-state index contributed by atoms with van der Waals surface area (Å²) in [6, 6.07) is 8.90. The zero-order valence-electron chi connectivity index (χ0n) is 18.4. The standard InChI is InChI=1S/C24H23Cl2NO4S/c1-6-12-7-8-14(30-22-27-19-16(26)9-13(25)10-17(19)32-22)11-15(12)18-20(28)23(2,3)31-24(4,5)21(18)29/h7-11,28H,6H2,1-5H3. The number of ketones is 1. The summed E-state index contributed by atoms with van der Waals surface area (Å²) in [5, 5.41) is 12.3. The van der Waals surface area contributed by atoms with E-state index in [9.17, 15) is 9.90 Å². The number of ether oxygens (including phenoxy) is 2. The van der Waals surface area contributed by atoms with Gasteiger partial charge in [-0.2, -0.15) is 0 Å². The van der Waals surface area contributed by atoms with E-state index in [1.54, 1.807) is 45.9 Å². The molecule has 1 N–H and O–H groups in total. The Morgan fingerprint density at radius 1 is 1.12 bits per heavy atom. The second kappa shape index (κ2) is 8.03. The van der Waals surface area contributed by atoms with Gasteiger partial charge in [0.2, 0.25) is 0 Å². The predicted octanol–water partition coefficient (Wildman–Crippen LogP) is 7.38. The number of nitrogens with zero attached hydrogens (tertiary/aromatic N) is 1. The van der Waals surface area contributed by atoms with E-state index in [2.05, 4.69) is 4.98 Å². The number of halogens is 2. The van der Waals surface area contributed by atoms with Gasteiger partial charge >= 0.3 is 0 Å². The van der Waals surface area contributed by atoms with Crippen LogP contribution in [-0.2, 0) is 16.0 Å². The van der Waals surface area contributed by atoms with Crippen molar-refractivity contribution < 1.29 is 19.4 Å². The van der Waals surface area contributed by atoms with Gasteiger partial charge in [0.1, 0.15) is 28.2 Å². The van der Waals surface area contributed by atoms with Crippen molar-refractivity contribution in [2.24, 2.45) is 0 Å². The van der Waals surface area contributed by atoms with Crippen LogP contribution in [0.1, 0.15) is 45.7 Å². The van der Waals surface area contributed by atoms with Crippen molar-refractivity contribution in [3.63, 3.8) is 0 Å². The lowest BCUT2D eigenvalue weighted by Crippen LogP contribution is -2.49. The van der Waals surface area contributed by atoms with Crippen LogP contribution in [0.2, 0.25) is 10.0 Å². The minimum absolute atomic E-state index is 0.0879. The van der Waals surface area contributed by atoms with Gasteiger partial charge in [-0.15, -0.1) is 0 Å². The first-order valence-corrected chi connectivity index (χ1v) is 11.8. The molecule has 0 fully saturated rings. The number of rotatable bonds is 4. The molecule has 1 aliphatic rings. The van der Waals surface area contributed by atoms with E-state index in [0.29, 0.717) is 38.5 Å². The topological polar surface area (TPSA) is 68.7 Å². The number of thiazole rings is 1. The molecule has 4 rings (SSSR count). The first kappa shape index (κ1) is 23.1. The summed E-state index contributed by atoms with van der Waals surface area (Å²) in [6.07, 6.45) is 0.677. The summed E-state index contributed by atoms with van der Waals surface area (Å²) in [6.45, 7) is 8.92. The van der Waals surface area contributed by atoms with Gasteiger partial charge < -0.3 is 14.6 Å². The molecule has 0 amide bonds. The van der Waals surface area contributed by atoms with Gasteiger partial charge in [0.15, 0.2) is 5.78 Å². The molecule has 2 heterocycles. The maximum atomic E-state index is 13.2. The van der Waals surface area contributed by atoms with E-state index in [4.69, 9.17) is 32.7 Å². The lowest BCUT2D eigenvalue weighted by Gasteiger charge is -2.40. The van der Waals surface area contributed by atoms with E-state index in [0.717, 1.165) is 10.3 Å². The van der Waals surface area contributed by atoms with Crippen molar-refractivity contribution in [1.82, 2.24) is 4.98 Å². The predicted molar refractivity (Wildman–Crippen MR) is 129 cm³/mol. The summed E-state index contributed by atoms with van der Waals surface area (Å²) < 4.78 is 12.7. The SMILES string of the molecule is CCc1ccc(Oc2nc3c(Cl)cc(Cl)cc3s2)cc1C1=C(O)C(C)(C)OC(C)(C)C1=O. The number of hydrogen-bond acceptors (Lipinski definition) is 6. The number of carbonyl (C=O) groups excluding carboxylic acids is 1. The lowest BCUT2D eigenvalue weighted by atomic mass is 9.81. The Labute approximate surface area is 200 Å². The van der Waals surface area contributed by atoms with Gasteiger partial charge in [-0.05, 0) is 69.5 Å². The van der Waals surface area contributed by atoms with Crippen LogP contribution in [-0.4, -0.2) is 27.1 Å². The third kappa shape index (κ3) is 4.01. The van der Waals surface area contributed by atoms with E-state index in [1.807, 2.05) is 19.1 Å². The van der Waals surface area contributed by atoms with Gasteiger partial charge in [-0.25, -0.2) is 4.98 Å². The molecule has 0 unspecified atom stereocenters. The second-order valence-electron chi connectivity index (χ2n) is 8.66. The number of aliphatic hydroxyl groups excluding tert-OH is 1. The molecule has 168 valence electrons. The first-order valence-electron chi connectivity index (χ1n) is 10.2. The van der Waals surface area contributed by atoms with Crippen molar-refractivity contribution in [1.29, 1.82) is 0 Å². The third-order valence-corrected chi connectivity index (χ3v) is 6.81. The monoisotopic (exact) mass is 491 g/mol. The molecule has 0 bridgehead atoms. The van der Waals surface area contributed by atoms with Crippen molar-refractivity contribution in [3.8, 4) is 10.9 Å². The molecule has 1 aliphatic heterocycles. The van der Waals surface area contributed by atoms with E-state index >= 15 is 0 Å². The Balaban J connectivity index is 1.80. The fourth-order valence-electron chi connectivity index (χ4n) is 3.93. The van der Waals surface area contributed by atoms with Crippen molar-refractivity contribution in [3.05, 3.63) is 57.3 Å². The second-order valence-corrected chi connectivity index (χ2v) is 10.5. The van der Waals surface area contributed by atoms with Crippen molar-refractivity contribution in [2.75, 3.05) is 0 Å². The molecular formula is C24H23Cl2NO4S. The Bertz CT molecular complexity index is 1280. The number of aromatic nitrogens is 1. The third-order valence-electron chi connectivity index (χ3n) is 5.42. The molecule has 5 nitrogen and oxygen atoms in total. The zero-order valence-corrected chi connectivity index (χ0v) is 20.7. The summed E-state index contributed by atoms with van der Waals surface area (Å²) >= 11 is 13.7. The summed E-state index contributed by atoms with van der Waals surface area (Å²) in [5.41, 5.74) is 0.338. The molecular weight excluding hydrogens is 469 g/mol. The van der Waals surface area contributed by atoms with Gasteiger partial charge in [-0.3, -0.25) is 4.79 Å². The molecule has 0 atom stereocenters. The Kier molecular flexibility index (Phi) is 5.78. The first-order chi connectivity index (χ1) is 14.9. The normalized spacial score (nSPS) is 17.8. The molecule has 8 heteroatoms. The van der Waals surface area contributed by atoms with Gasteiger partial charge in [0.25, 0.3) is 5.19 Å². The minimum Gasteiger partial charge on any atom is -0.508 e. The summed E-state index contributed by atoms with van der Waals surface area (Å²) in [5.74, 6) is 0.131. The van der Waals surface area contributed by atoms with Crippen LogP contribution in [0, 0.1) is 0 Å². The van der Waals surface area contributed by atoms with Crippen LogP contribution >= 0.6 is 34.5 Å². The van der Waals surface area contributed by atoms with Crippen molar-refractivity contribution >= 4 is 56.1 Å². The number of hydrogen-bond donors (Lipinski definition) is 1. The van der Waals surface area contributed by atoms with Crippen LogP contribution < -0.4 is 4.74 Å². The molecule has 0 radical (unpaired) electrons. The summed E-state index contributed by atoms with van der Waals surface area (Å²) in [4.78, 5) is 17.7. The van der Waals surface area contributed by atoms with Gasteiger partial charge in [-0.1, -0.05) is 47.5 Å². The quantitative estimate of drug-likeness (QED) is 0.412. The number of fused-ring (bicyclic) bond motifs is 1. The zero-order chi connectivity index (χ0) is 23.4. The highest BCUT2D eigenvalue weighted by atomic mass is 35.5. The molecule has 0 aliphatic carbocycles. The Morgan fingerprint density at radius 2 is 1.84 bits per heavy atom. The largest absolute Gasteiger partial charge is 0.508 e. The van der Waals surface area contributed by atoms with E-state index < -0.39 is 11.2 Å². The minimum atomic E-state index is -1.07. The Hall–Kier alpha value is -2.12. The fourth-order valence-corrected chi connectivity index (χ4v) is 5.49. The van der Waals surface area contributed by atoms with Gasteiger partial charge in [0.05, 0.1) is 15.3 Å². The van der Waals surface area contributed by atoms with E-state index in [1.165, 1.54) is 11.3 Å². The highest BCUT2D eigenvalue weighted by molar-refractivity contribution is 7.20. The molecule has 0 saturated carbocycles. The number of aliphatic hydroxyl groups is 1. The molecule has 3 aromatic rings. The molecule has 1 aromatic heterocycles. The number of carbonyl (C=O) groups is 1. The van der Waals surface area contributed by atoms with Crippen LogP contribution in [0.3, 0.4) is 0 Å². The smallest absolute Gasteiger partial charge is 0.279 e. The van der Waals surface area contributed by atoms with Gasteiger partial charge in [0, 0.05) is 5.02 Å². The molecule has 0 spiro atoms. The highest BCUT2D eigenvalue weighted by Crippen LogP contribution is 2.42. The maximum absolute atomic E-state index is 13.2. The van der Waals surface area contributed by atoms with Crippen LogP contribution in [0.5, 0.6) is 10.9 Å². The number of aryl methyl sites for hydroxylation is 1. The molecule has 0 saturated heterocycles. The summed E-state index contributed by atoms with van der Waals surface area (Å²) in [7, 11) is 0. The highest BCUT2D eigenvalue weighted by Gasteiger charge is 2.47. The van der Waals surface area contributed by atoms with Crippen LogP contribution in [0.25, 0.3) is 15.8 Å². The Morgan fingerprint density at radius 3 is 2.53 bits per heavy atom. The lowest BCUT2D eigenvalue weighted by molar-refractivity contribution is -0.158. The van der Waals surface area contributed by atoms with Crippen molar-refractivity contribution in [2.45, 2.75) is 52.2 Å². The number of benzene rings is 2. The average molecular weight is 492 g/mol. The number of Topliss-reactive ketones (excluding diaryl/α,β-unsaturated/α-hetero) is 1. The fraction of sp³-hybridized carbons (Fsp3) is 0.333. The van der Waals surface area contributed by atoms with E-state index in [-0.39, 0.29) is 17.1 Å². The molecule has 32 heavy (non-hydrogen) atoms. The van der Waals surface area contributed by atoms with Crippen LogP contribution in [0.4, 0.5) is 0 Å². The average Bonchev–Trinajstić information content (AvgIpc) is 3.09. The van der Waals surface area contributed by atoms with Crippen LogP contribution in [0.15, 0.2) is 36.1 Å². The molecule has 2 aromatic carbocycles. The maximum Gasteiger partial charge on any atom is 0.279 e.